The maximum atomic E-state index is 10.5. The minimum absolute atomic E-state index is 0. The quantitative estimate of drug-likeness (QED) is 0.107. The molecule has 0 aliphatic heterocycles. The largest absolute Gasteiger partial charge is 0.510 e. The first kappa shape index (κ1) is 28.9. The standard InChI is InChI=1S/C79H80N4O.Pt/c1-15-79(14)42-41-78(12,13)67-46-54(29-36-65(67)79)61-23-19-22-60(53-28-35-64-66(45-53)77(10,11)40-39-76(64,8)9)73(61)82-50-81(69-24-16-17-25-70(69)82)57-20-18-21-58(48-57)84-59-33-34-62-63-44-52(51-26-31-55(32-27-51)74(2,3)4)30-37-68(63)83(71(62)49-59)72-47-56(38-43-80-72)75(5,6)7;/h16-38,43-47H,15,39-42H2,1-14H3;/q-2;/i8D3,9D3,10D3,11D3,12D3,13D3,14D3,15D2,28D,29D,35D,36D,39D2,40D2,41D2,42D2,45D,46D;. The van der Waals surface area contributed by atoms with Crippen LogP contribution in [0.4, 0.5) is 0 Å². The second-order valence-electron chi connectivity index (χ2n) is 23.3. The first-order valence-electron chi connectivity index (χ1n) is 45.6. The summed E-state index contributed by atoms with van der Waals surface area (Å²) < 4.78 is 358. The fourth-order valence-electron chi connectivity index (χ4n) is 10.9. The zero-order chi connectivity index (χ0) is 90.6. The molecule has 0 amide bonds. The predicted octanol–water partition coefficient (Wildman–Crippen LogP) is 20.3. The van der Waals surface area contributed by atoms with Gasteiger partial charge in [0.15, 0.2) is 0 Å². The van der Waals surface area contributed by atoms with Crippen molar-refractivity contribution in [2.45, 2.75) is 161 Å². The van der Waals surface area contributed by atoms with Crippen molar-refractivity contribution < 1.29 is 81.1 Å². The van der Waals surface area contributed by atoms with Crippen LogP contribution in [0.1, 0.15) is 212 Å². The number of hydrogen-bond acceptors (Lipinski definition) is 2. The van der Waals surface area contributed by atoms with E-state index in [4.69, 9.17) is 38.5 Å². The van der Waals surface area contributed by atoms with Crippen LogP contribution in [0.5, 0.6) is 11.5 Å². The van der Waals surface area contributed by atoms with Gasteiger partial charge in [0.1, 0.15) is 5.82 Å². The average Bonchev–Trinajstić information content (AvgIpc) is 0.659. The fourth-order valence-corrected chi connectivity index (χ4v) is 10.9. The zero-order valence-electron chi connectivity index (χ0n) is 84.2. The summed E-state index contributed by atoms with van der Waals surface area (Å²) in [5.74, 6) is 0.668. The molecule has 3 heterocycles. The van der Waals surface area contributed by atoms with Gasteiger partial charge in [0, 0.05) is 86.8 Å². The van der Waals surface area contributed by atoms with Crippen LogP contribution in [0, 0.1) is 18.5 Å². The first-order valence-corrected chi connectivity index (χ1v) is 27.1. The Balaban J connectivity index is 0.0000136. The van der Waals surface area contributed by atoms with Crippen LogP contribution in [0.3, 0.4) is 0 Å². The van der Waals surface area contributed by atoms with Crippen LogP contribution in [0.2, 0.25) is 0 Å². The monoisotopic (exact) mass is 1330 g/mol. The number of imidazole rings is 1. The molecule has 2 aliphatic carbocycles. The van der Waals surface area contributed by atoms with Gasteiger partial charge < -0.3 is 13.9 Å². The molecule has 0 radical (unpaired) electrons. The van der Waals surface area contributed by atoms with Gasteiger partial charge in [-0.2, -0.15) is 18.2 Å². The molecule has 2 aliphatic rings. The molecule has 13 rings (SSSR count). The Labute approximate surface area is 571 Å². The van der Waals surface area contributed by atoms with Crippen molar-refractivity contribution in [1.82, 2.24) is 14.1 Å². The van der Waals surface area contributed by atoms with Crippen molar-refractivity contribution >= 4 is 32.8 Å². The molecular weight excluding hydrogens is 1220 g/mol. The van der Waals surface area contributed by atoms with E-state index < -0.39 is 188 Å². The number of aromatic nitrogens is 4. The summed E-state index contributed by atoms with van der Waals surface area (Å²) in [7, 11) is 0. The molecule has 85 heavy (non-hydrogen) atoms. The summed E-state index contributed by atoms with van der Waals surface area (Å²) in [4.78, 5) is 4.86. The van der Waals surface area contributed by atoms with Gasteiger partial charge in [-0.05, 0) is 160 Å². The molecule has 8 aromatic carbocycles. The summed E-state index contributed by atoms with van der Waals surface area (Å²) in [6, 6.07) is 31.4. The summed E-state index contributed by atoms with van der Waals surface area (Å²) in [5.41, 5.74) is -26.0. The molecule has 5 nitrogen and oxygen atoms in total. The second kappa shape index (κ2) is 21.0. The first-order chi connectivity index (χ1) is 55.0. The normalized spacial score (nSPS) is 27.1. The number of ether oxygens (including phenoxy) is 1. The van der Waals surface area contributed by atoms with Gasteiger partial charge in [0.2, 0.25) is 0 Å². The average molecular weight is 1330 g/mol. The number of nitrogens with zero attached hydrogens (tertiary/aromatic N) is 4. The third-order valence-corrected chi connectivity index (χ3v) is 15.5. The Morgan fingerprint density at radius 2 is 1.24 bits per heavy atom. The Bertz CT molecular complexity index is 5830. The topological polar surface area (TPSA) is 35.9 Å². The minimum atomic E-state index is -4.85. The molecule has 6 heteroatoms. The fraction of sp³-hybridized carbons (Fsp3) is 0.316. The van der Waals surface area contributed by atoms with E-state index in [1.807, 2.05) is 34.9 Å². The SMILES string of the molecule is [2H]c1c([2H])c2c(c([2H])c1-c1cccc(-c3c([2H])c([2H])c4c(c3[2H])C(C([2H])([2H])[2H])(C([2H])([2H])[2H])C([2H])([2H])C([2H])([2H])C4(C([2H])([2H])[2H])C([2H])([2H])C)c1-[n+]1[c-]n(-c3[c-]c(Oc4[c-]c5c(cc4)c4cc(-c6ccc(C(C)(C)C)cc6)ccc4n5-c4cc(C(C)(C)C)ccn4)ccc3)c3ccccc31)C(C([2H])([2H])[2H])(C([2H])([2H])[2H])C([2H])([2H])C([2H])([2H])C2(C([2H])([2H])[2H])C([2H])([2H])[2H].[Pt]. The van der Waals surface area contributed by atoms with Crippen molar-refractivity contribution in [2.75, 3.05) is 0 Å². The Hall–Kier alpha value is -7.33. The predicted molar refractivity (Wildman–Crippen MR) is 349 cm³/mol. The van der Waals surface area contributed by atoms with Crippen LogP contribution in [0.25, 0.3) is 83.4 Å². The van der Waals surface area contributed by atoms with Crippen LogP contribution >= 0.6 is 0 Å². The summed E-state index contributed by atoms with van der Waals surface area (Å²) in [5, 5.41) is 1.59. The summed E-state index contributed by atoms with van der Waals surface area (Å²) >= 11 is 0. The molecule has 11 aromatic rings. The third-order valence-electron chi connectivity index (χ3n) is 15.5. The van der Waals surface area contributed by atoms with E-state index in [0.717, 1.165) is 61.3 Å². The van der Waals surface area contributed by atoms with E-state index in [1.165, 1.54) is 47.0 Å². The second-order valence-corrected chi connectivity index (χ2v) is 23.3. The maximum absolute atomic E-state index is 10.5. The van der Waals surface area contributed by atoms with Crippen LogP contribution in [-0.4, -0.2) is 14.1 Å². The van der Waals surface area contributed by atoms with Gasteiger partial charge in [-0.25, -0.2) is 4.98 Å². The van der Waals surface area contributed by atoms with Crippen molar-refractivity contribution in [3.8, 4) is 62.1 Å². The summed E-state index contributed by atoms with van der Waals surface area (Å²) in [6.07, 6.45) is -17.9. The van der Waals surface area contributed by atoms with Crippen LogP contribution < -0.4 is 9.30 Å². The molecule has 3 aromatic heterocycles. The van der Waals surface area contributed by atoms with E-state index in [-0.39, 0.29) is 60.1 Å². The van der Waals surface area contributed by atoms with Crippen LogP contribution in [-0.2, 0) is 53.6 Å². The molecular formula is C79H80N4OPt-2. The van der Waals surface area contributed by atoms with Gasteiger partial charge in [-0.3, -0.25) is 4.57 Å². The van der Waals surface area contributed by atoms with E-state index in [9.17, 15) is 21.9 Å². The number of rotatable bonds is 9. The molecule has 0 N–H and O–H groups in total. The van der Waals surface area contributed by atoms with E-state index in [1.54, 1.807) is 12.3 Å². The maximum Gasteiger partial charge on any atom is 0.268 e. The molecule has 0 saturated carbocycles. The van der Waals surface area contributed by atoms with Gasteiger partial charge in [-0.15, -0.1) is 29.7 Å². The third kappa shape index (κ3) is 10.2. The van der Waals surface area contributed by atoms with Gasteiger partial charge in [-0.1, -0.05) is 217 Å². The molecule has 0 bridgehead atoms. The minimum Gasteiger partial charge on any atom is -0.510 e. The van der Waals surface area contributed by atoms with Gasteiger partial charge in [0.05, 0.1) is 24.9 Å². The van der Waals surface area contributed by atoms with Crippen molar-refractivity contribution in [3.63, 3.8) is 0 Å². The number of pyridine rings is 1. The number of para-hydroxylation sites is 3. The van der Waals surface area contributed by atoms with Gasteiger partial charge >= 0.3 is 0 Å². The Morgan fingerprint density at radius 3 is 1.92 bits per heavy atom. The molecule has 0 fully saturated rings. The zero-order valence-corrected chi connectivity index (χ0v) is 49.5. The Morgan fingerprint density at radius 1 is 0.600 bits per heavy atom. The number of hydrogen-bond donors (Lipinski definition) is 0. The number of benzene rings is 8. The number of fused-ring (bicyclic) bond motifs is 6. The van der Waals surface area contributed by atoms with Crippen LogP contribution in [0.15, 0.2) is 170 Å². The molecule has 1 atom stereocenters. The molecule has 0 spiro atoms. The molecule has 0 saturated heterocycles. The van der Waals surface area contributed by atoms with Crippen molar-refractivity contribution in [3.05, 3.63) is 222 Å². The van der Waals surface area contributed by atoms with Crippen molar-refractivity contribution in [2.24, 2.45) is 0 Å². The smallest absolute Gasteiger partial charge is 0.268 e. The van der Waals surface area contributed by atoms with E-state index >= 15 is 0 Å². The summed E-state index contributed by atoms with van der Waals surface area (Å²) in [6.45, 7) is -18.6. The molecule has 434 valence electrons. The van der Waals surface area contributed by atoms with Crippen molar-refractivity contribution in [1.29, 1.82) is 0 Å². The van der Waals surface area contributed by atoms with E-state index in [2.05, 4.69) is 90.3 Å². The Kier molecular flexibility index (Phi) is 7.13. The molecule has 1 unspecified atom stereocenters. The van der Waals surface area contributed by atoms with Gasteiger partial charge in [0.25, 0.3) is 6.33 Å². The van der Waals surface area contributed by atoms with E-state index in [0.29, 0.717) is 18.3 Å².